The highest BCUT2D eigenvalue weighted by Crippen LogP contribution is 2.27. The molecule has 0 aromatic carbocycles. The maximum atomic E-state index is 12.4. The van der Waals surface area contributed by atoms with E-state index in [-0.39, 0.29) is 5.91 Å². The minimum absolute atomic E-state index is 0.142. The molecule has 0 radical (unpaired) electrons. The Morgan fingerprint density at radius 2 is 2.04 bits per heavy atom. The third-order valence-electron chi connectivity index (χ3n) is 4.66. The number of rotatable bonds is 6. The Bertz CT molecular complexity index is 646. The van der Waals surface area contributed by atoms with Crippen LogP contribution in [0.5, 0.6) is 0 Å². The molecule has 128 valence electrons. The number of likely N-dealkylation sites (tertiary alicyclic amines) is 1. The van der Waals surface area contributed by atoms with Crippen LogP contribution in [0.25, 0.3) is 0 Å². The van der Waals surface area contributed by atoms with E-state index < -0.39 is 0 Å². The van der Waals surface area contributed by atoms with Crippen LogP contribution in [0.1, 0.15) is 50.0 Å². The number of carbonyl (C=O) groups is 1. The lowest BCUT2D eigenvalue weighted by atomic mass is 9.95. The number of aromatic nitrogens is 4. The first-order chi connectivity index (χ1) is 11.8. The predicted molar refractivity (Wildman–Crippen MR) is 91.4 cm³/mol. The molecule has 1 aliphatic heterocycles. The number of imidazole rings is 1. The van der Waals surface area contributed by atoms with Gasteiger partial charge in [0.05, 0.1) is 12.1 Å². The number of carbonyl (C=O) groups excluding carboxylic acids is 1. The van der Waals surface area contributed by atoms with Crippen LogP contribution in [0.3, 0.4) is 0 Å². The van der Waals surface area contributed by atoms with Gasteiger partial charge in [0.15, 0.2) is 0 Å². The first-order valence-electron chi connectivity index (χ1n) is 8.81. The molecule has 0 N–H and O–H groups in total. The molecule has 6 nitrogen and oxygen atoms in total. The number of unbranched alkanes of at least 4 members (excludes halogenated alkanes) is 1. The van der Waals surface area contributed by atoms with Crippen molar-refractivity contribution in [3.8, 4) is 0 Å². The van der Waals surface area contributed by atoms with Crippen molar-refractivity contribution < 1.29 is 4.79 Å². The minimum Gasteiger partial charge on any atom is -0.342 e. The summed E-state index contributed by atoms with van der Waals surface area (Å²) in [5.74, 6) is 1.78. The number of aryl methyl sites for hydroxylation is 1. The van der Waals surface area contributed by atoms with Crippen LogP contribution in [-0.4, -0.2) is 43.4 Å². The molecule has 3 heterocycles. The average molecular weight is 327 g/mol. The van der Waals surface area contributed by atoms with Crippen LogP contribution in [0.2, 0.25) is 0 Å². The van der Waals surface area contributed by atoms with Gasteiger partial charge in [-0.25, -0.2) is 4.98 Å². The first-order valence-corrected chi connectivity index (χ1v) is 8.81. The Kier molecular flexibility index (Phi) is 5.56. The lowest BCUT2D eigenvalue weighted by molar-refractivity contribution is -0.131. The number of hydrogen-bond donors (Lipinski definition) is 0. The molecule has 6 heteroatoms. The van der Waals surface area contributed by atoms with Crippen LogP contribution in [0, 0.1) is 0 Å². The van der Waals surface area contributed by atoms with Crippen molar-refractivity contribution in [2.24, 2.45) is 0 Å². The van der Waals surface area contributed by atoms with E-state index in [1.165, 1.54) is 18.7 Å². The van der Waals surface area contributed by atoms with Crippen LogP contribution < -0.4 is 0 Å². The maximum absolute atomic E-state index is 12.4. The number of nitrogens with zero attached hydrogens (tertiary/aromatic N) is 5. The van der Waals surface area contributed by atoms with Crippen LogP contribution in [0.15, 0.2) is 31.0 Å². The van der Waals surface area contributed by atoms with Gasteiger partial charge in [0.2, 0.25) is 5.91 Å². The van der Waals surface area contributed by atoms with Gasteiger partial charge in [-0.05, 0) is 19.3 Å². The molecular formula is C18H25N5O. The summed E-state index contributed by atoms with van der Waals surface area (Å²) in [4.78, 5) is 27.1. The number of piperidine rings is 1. The minimum atomic E-state index is 0.142. The zero-order valence-electron chi connectivity index (χ0n) is 14.3. The smallest absolute Gasteiger partial charge is 0.228 e. The normalized spacial score (nSPS) is 15.6. The van der Waals surface area contributed by atoms with E-state index in [0.717, 1.165) is 38.2 Å². The molecule has 2 aromatic rings. The van der Waals surface area contributed by atoms with E-state index >= 15 is 0 Å². The highest BCUT2D eigenvalue weighted by Gasteiger charge is 2.26. The molecule has 0 aliphatic carbocycles. The molecule has 3 rings (SSSR count). The lowest BCUT2D eigenvalue weighted by Gasteiger charge is -2.32. The largest absolute Gasteiger partial charge is 0.342 e. The zero-order chi connectivity index (χ0) is 16.8. The van der Waals surface area contributed by atoms with Crippen molar-refractivity contribution in [2.75, 3.05) is 13.1 Å². The van der Waals surface area contributed by atoms with Crippen LogP contribution in [-0.2, 0) is 17.8 Å². The number of hydrogen-bond acceptors (Lipinski definition) is 4. The summed E-state index contributed by atoms with van der Waals surface area (Å²) in [6, 6.07) is 0. The third-order valence-corrected chi connectivity index (χ3v) is 4.66. The zero-order valence-corrected chi connectivity index (χ0v) is 14.3. The van der Waals surface area contributed by atoms with E-state index in [4.69, 9.17) is 0 Å². The van der Waals surface area contributed by atoms with Gasteiger partial charge in [-0.3, -0.25) is 14.8 Å². The second kappa shape index (κ2) is 8.04. The third kappa shape index (κ3) is 3.99. The fraction of sp³-hybridized carbons (Fsp3) is 0.556. The highest BCUT2D eigenvalue weighted by atomic mass is 16.2. The molecule has 1 fully saturated rings. The van der Waals surface area contributed by atoms with E-state index in [2.05, 4.69) is 32.6 Å². The summed E-state index contributed by atoms with van der Waals surface area (Å²) >= 11 is 0. The molecule has 0 saturated carbocycles. The SMILES string of the molecule is CCCCn1ccnc1C1CCN(C(=O)Cc2cnccn2)CC1. The monoisotopic (exact) mass is 327 g/mol. The van der Waals surface area contributed by atoms with Gasteiger partial charge in [0, 0.05) is 56.5 Å². The summed E-state index contributed by atoms with van der Waals surface area (Å²) < 4.78 is 2.28. The van der Waals surface area contributed by atoms with Crippen molar-refractivity contribution in [1.82, 2.24) is 24.4 Å². The summed E-state index contributed by atoms with van der Waals surface area (Å²) in [6.07, 6.45) is 13.6. The topological polar surface area (TPSA) is 63.9 Å². The summed E-state index contributed by atoms with van der Waals surface area (Å²) in [5, 5.41) is 0. The number of amides is 1. The van der Waals surface area contributed by atoms with E-state index in [9.17, 15) is 4.79 Å². The summed E-state index contributed by atoms with van der Waals surface area (Å²) in [7, 11) is 0. The van der Waals surface area contributed by atoms with Gasteiger partial charge in [0.1, 0.15) is 5.82 Å². The van der Waals surface area contributed by atoms with Gasteiger partial charge in [-0.1, -0.05) is 13.3 Å². The Morgan fingerprint density at radius 1 is 1.21 bits per heavy atom. The Labute approximate surface area is 142 Å². The van der Waals surface area contributed by atoms with Gasteiger partial charge in [-0.15, -0.1) is 0 Å². The summed E-state index contributed by atoms with van der Waals surface area (Å²) in [6.45, 7) is 4.84. The second-order valence-corrected chi connectivity index (χ2v) is 6.36. The van der Waals surface area contributed by atoms with Crippen molar-refractivity contribution in [2.45, 2.75) is 51.5 Å². The molecule has 0 spiro atoms. The van der Waals surface area contributed by atoms with Crippen molar-refractivity contribution >= 4 is 5.91 Å². The maximum Gasteiger partial charge on any atom is 0.228 e. The van der Waals surface area contributed by atoms with Gasteiger partial charge >= 0.3 is 0 Å². The fourth-order valence-electron chi connectivity index (χ4n) is 3.27. The Hall–Kier alpha value is -2.24. The van der Waals surface area contributed by atoms with E-state index in [0.29, 0.717) is 12.3 Å². The molecule has 1 saturated heterocycles. The molecule has 2 aromatic heterocycles. The average Bonchev–Trinajstić information content (AvgIpc) is 3.09. The van der Waals surface area contributed by atoms with Crippen molar-refractivity contribution in [1.29, 1.82) is 0 Å². The predicted octanol–water partition coefficient (Wildman–Crippen LogP) is 2.42. The molecule has 0 unspecified atom stereocenters. The van der Waals surface area contributed by atoms with Gasteiger partial charge in [0.25, 0.3) is 0 Å². The quantitative estimate of drug-likeness (QED) is 0.817. The lowest BCUT2D eigenvalue weighted by Crippen LogP contribution is -2.39. The van der Waals surface area contributed by atoms with Crippen LogP contribution in [0.4, 0.5) is 0 Å². The molecule has 0 bridgehead atoms. The van der Waals surface area contributed by atoms with E-state index in [1.807, 2.05) is 11.1 Å². The van der Waals surface area contributed by atoms with Gasteiger partial charge in [-0.2, -0.15) is 0 Å². The Morgan fingerprint density at radius 3 is 2.75 bits per heavy atom. The summed E-state index contributed by atoms with van der Waals surface area (Å²) in [5.41, 5.74) is 0.736. The molecular weight excluding hydrogens is 302 g/mol. The fourth-order valence-corrected chi connectivity index (χ4v) is 3.27. The molecule has 1 amide bonds. The standard InChI is InChI=1S/C18H25N5O/c1-2-3-9-23-12-8-21-18(23)15-4-10-22(11-5-15)17(24)13-16-14-19-6-7-20-16/h6-8,12,14-15H,2-5,9-11,13H2,1H3. The van der Waals surface area contributed by atoms with Crippen molar-refractivity contribution in [3.05, 3.63) is 42.5 Å². The van der Waals surface area contributed by atoms with Crippen LogP contribution >= 0.6 is 0 Å². The molecule has 1 aliphatic rings. The van der Waals surface area contributed by atoms with Gasteiger partial charge < -0.3 is 9.47 Å². The second-order valence-electron chi connectivity index (χ2n) is 6.36. The molecule has 0 atom stereocenters. The first kappa shape index (κ1) is 16.6. The van der Waals surface area contributed by atoms with Crippen molar-refractivity contribution in [3.63, 3.8) is 0 Å². The molecule has 24 heavy (non-hydrogen) atoms. The van der Waals surface area contributed by atoms with E-state index in [1.54, 1.807) is 18.6 Å². The highest BCUT2D eigenvalue weighted by molar-refractivity contribution is 5.78. The Balaban J connectivity index is 1.54.